The fraction of sp³-hybridized carbons (Fsp3) is 0.385. The van der Waals surface area contributed by atoms with Gasteiger partial charge in [-0.15, -0.1) is 0 Å². The maximum absolute atomic E-state index is 11.1. The molecule has 0 aliphatic heterocycles. The number of rotatable bonds is 7. The van der Waals surface area contributed by atoms with Crippen molar-refractivity contribution in [1.29, 1.82) is 0 Å². The Morgan fingerprint density at radius 3 is 2.89 bits per heavy atom. The minimum Gasteiger partial charge on any atom is -0.478 e. The third-order valence-corrected chi connectivity index (χ3v) is 3.11. The first kappa shape index (κ1) is 13.6. The fourth-order valence-electron chi connectivity index (χ4n) is 2.13. The van der Waals surface area contributed by atoms with Crippen molar-refractivity contribution in [2.75, 3.05) is 0 Å². The van der Waals surface area contributed by atoms with Crippen LogP contribution in [-0.2, 0) is 6.54 Å². The van der Waals surface area contributed by atoms with Gasteiger partial charge in [0, 0.05) is 6.54 Å². The molecule has 0 aliphatic rings. The number of fused-ring (bicyclic) bond motifs is 1. The van der Waals surface area contributed by atoms with E-state index in [1.807, 2.05) is 10.6 Å². The summed E-state index contributed by atoms with van der Waals surface area (Å²) in [5.41, 5.74) is 1.64. The van der Waals surface area contributed by atoms with Gasteiger partial charge >= 0.3 is 5.97 Å². The van der Waals surface area contributed by atoms with E-state index in [9.17, 15) is 4.79 Å². The first-order valence-corrected chi connectivity index (χ1v) is 6.37. The number of carboxylic acid groups (broad SMARTS) is 1. The Morgan fingerprint density at radius 2 is 2.16 bits per heavy atom. The summed E-state index contributed by atoms with van der Waals surface area (Å²) in [5, 5.41) is 17.7. The van der Waals surface area contributed by atoms with Crippen LogP contribution in [0, 0.1) is 0 Å². The molecule has 2 aromatic rings. The van der Waals surface area contributed by atoms with E-state index in [1.165, 1.54) is 7.48 Å². The average molecular weight is 259 g/mol. The van der Waals surface area contributed by atoms with E-state index in [1.54, 1.807) is 18.5 Å². The Kier molecular flexibility index (Phi) is 4.57. The molecule has 1 radical (unpaired) electrons. The third kappa shape index (κ3) is 3.14. The van der Waals surface area contributed by atoms with Crippen LogP contribution in [-0.4, -0.2) is 33.1 Å². The number of aryl methyl sites for hydroxylation is 1. The standard InChI is InChI=1S/C13H16BN2O3/c17-13(18)10-5-4-6-11-12(10)15-9-16(11)8-3-1-2-7-14-19/h4-6,9,19H,1-3,7-8H2,(H,17,18). The highest BCUT2D eigenvalue weighted by molar-refractivity contribution is 6.25. The summed E-state index contributed by atoms with van der Waals surface area (Å²) in [5.74, 6) is -0.950. The lowest BCUT2D eigenvalue weighted by Gasteiger charge is -2.04. The van der Waals surface area contributed by atoms with Gasteiger partial charge in [0.2, 0.25) is 0 Å². The van der Waals surface area contributed by atoms with Crippen molar-refractivity contribution in [3.8, 4) is 0 Å². The van der Waals surface area contributed by atoms with Crippen molar-refractivity contribution in [3.63, 3.8) is 0 Å². The van der Waals surface area contributed by atoms with Crippen molar-refractivity contribution in [3.05, 3.63) is 30.1 Å². The number of imidazole rings is 1. The predicted molar refractivity (Wildman–Crippen MR) is 73.3 cm³/mol. The molecule has 1 heterocycles. The molecule has 0 bridgehead atoms. The minimum absolute atomic E-state index is 0.242. The van der Waals surface area contributed by atoms with Crippen LogP contribution < -0.4 is 0 Å². The molecule has 0 fully saturated rings. The highest BCUT2D eigenvalue weighted by atomic mass is 16.4. The normalized spacial score (nSPS) is 10.8. The average Bonchev–Trinajstić information content (AvgIpc) is 2.81. The summed E-state index contributed by atoms with van der Waals surface area (Å²) in [7, 11) is 1.19. The van der Waals surface area contributed by atoms with Gasteiger partial charge in [0.05, 0.1) is 17.4 Å². The van der Waals surface area contributed by atoms with Crippen LogP contribution in [0.5, 0.6) is 0 Å². The van der Waals surface area contributed by atoms with E-state index in [2.05, 4.69) is 4.98 Å². The smallest absolute Gasteiger partial charge is 0.337 e. The first-order chi connectivity index (χ1) is 9.24. The zero-order valence-electron chi connectivity index (χ0n) is 10.6. The fourth-order valence-corrected chi connectivity index (χ4v) is 2.13. The van der Waals surface area contributed by atoms with Gasteiger partial charge in [-0.3, -0.25) is 0 Å². The van der Waals surface area contributed by atoms with Crippen LogP contribution in [0.3, 0.4) is 0 Å². The molecule has 1 aromatic heterocycles. The van der Waals surface area contributed by atoms with Crippen molar-refractivity contribution in [2.45, 2.75) is 32.1 Å². The second kappa shape index (κ2) is 6.38. The number of nitrogens with zero attached hydrogens (tertiary/aromatic N) is 2. The van der Waals surface area contributed by atoms with E-state index in [0.29, 0.717) is 11.8 Å². The van der Waals surface area contributed by atoms with E-state index in [-0.39, 0.29) is 5.56 Å². The number of aromatic nitrogens is 2. The highest BCUT2D eigenvalue weighted by Crippen LogP contribution is 2.18. The molecule has 0 atom stereocenters. The summed E-state index contributed by atoms with van der Waals surface area (Å²) in [6.45, 7) is 0.811. The summed E-state index contributed by atoms with van der Waals surface area (Å²) in [6.07, 6.45) is 5.37. The van der Waals surface area contributed by atoms with Crippen molar-refractivity contribution < 1.29 is 14.9 Å². The number of hydrogen-bond donors (Lipinski definition) is 2. The molecule has 2 rings (SSSR count). The van der Waals surface area contributed by atoms with Crippen LogP contribution in [0.25, 0.3) is 11.0 Å². The second-order valence-corrected chi connectivity index (χ2v) is 4.45. The Morgan fingerprint density at radius 1 is 1.32 bits per heavy atom. The van der Waals surface area contributed by atoms with Crippen LogP contribution in [0.2, 0.25) is 6.32 Å². The molecule has 99 valence electrons. The van der Waals surface area contributed by atoms with Gasteiger partial charge in [0.15, 0.2) is 0 Å². The summed E-state index contributed by atoms with van der Waals surface area (Å²) < 4.78 is 1.98. The Labute approximate surface area is 112 Å². The molecule has 19 heavy (non-hydrogen) atoms. The molecule has 5 nitrogen and oxygen atoms in total. The lowest BCUT2D eigenvalue weighted by atomic mass is 9.92. The van der Waals surface area contributed by atoms with Crippen LogP contribution in [0.1, 0.15) is 29.6 Å². The maximum atomic E-state index is 11.1. The molecular weight excluding hydrogens is 243 g/mol. The molecule has 2 N–H and O–H groups in total. The van der Waals surface area contributed by atoms with Crippen molar-refractivity contribution >= 4 is 24.5 Å². The largest absolute Gasteiger partial charge is 0.478 e. The zero-order valence-corrected chi connectivity index (χ0v) is 10.6. The Hall–Kier alpha value is -1.82. The lowest BCUT2D eigenvalue weighted by molar-refractivity contribution is 0.0699. The quantitative estimate of drug-likeness (QED) is 0.588. The summed E-state index contributed by atoms with van der Waals surface area (Å²) in [4.78, 5) is 15.3. The van der Waals surface area contributed by atoms with E-state index < -0.39 is 5.97 Å². The van der Waals surface area contributed by atoms with E-state index in [0.717, 1.165) is 31.3 Å². The molecule has 1 aromatic carbocycles. The molecule has 0 unspecified atom stereocenters. The monoisotopic (exact) mass is 259 g/mol. The van der Waals surface area contributed by atoms with Gasteiger partial charge in [-0.05, 0) is 18.6 Å². The van der Waals surface area contributed by atoms with Crippen LogP contribution >= 0.6 is 0 Å². The van der Waals surface area contributed by atoms with Gasteiger partial charge in [0.25, 0.3) is 7.48 Å². The Bertz CT molecular complexity index is 568. The minimum atomic E-state index is -0.950. The molecular formula is C13H16BN2O3. The second-order valence-electron chi connectivity index (χ2n) is 4.45. The molecule has 0 spiro atoms. The van der Waals surface area contributed by atoms with Gasteiger partial charge in [-0.1, -0.05) is 25.2 Å². The van der Waals surface area contributed by atoms with Gasteiger partial charge in [-0.2, -0.15) is 0 Å². The molecule has 6 heteroatoms. The number of benzene rings is 1. The highest BCUT2D eigenvalue weighted by Gasteiger charge is 2.11. The van der Waals surface area contributed by atoms with Crippen LogP contribution in [0.15, 0.2) is 24.5 Å². The lowest BCUT2D eigenvalue weighted by Crippen LogP contribution is -1.99. The number of aromatic carboxylic acids is 1. The first-order valence-electron chi connectivity index (χ1n) is 6.37. The number of unbranched alkanes of at least 4 members (excludes halogenated alkanes) is 2. The van der Waals surface area contributed by atoms with E-state index in [4.69, 9.17) is 10.1 Å². The van der Waals surface area contributed by atoms with Gasteiger partial charge in [-0.25, -0.2) is 9.78 Å². The maximum Gasteiger partial charge on any atom is 0.337 e. The molecule has 0 saturated heterocycles. The zero-order chi connectivity index (χ0) is 13.7. The number of carboxylic acids is 1. The van der Waals surface area contributed by atoms with Gasteiger partial charge in [0.1, 0.15) is 5.52 Å². The van der Waals surface area contributed by atoms with Crippen LogP contribution in [0.4, 0.5) is 0 Å². The SMILES string of the molecule is O=C(O)c1cccc2c1ncn2CCCCC[B]O. The summed E-state index contributed by atoms with van der Waals surface area (Å²) >= 11 is 0. The molecule has 0 amide bonds. The number of para-hydroxylation sites is 1. The van der Waals surface area contributed by atoms with Crippen molar-refractivity contribution in [2.24, 2.45) is 0 Å². The van der Waals surface area contributed by atoms with E-state index >= 15 is 0 Å². The number of carbonyl (C=O) groups is 1. The predicted octanol–water partition coefficient (Wildman–Crippen LogP) is 1.93. The van der Waals surface area contributed by atoms with Gasteiger partial charge < -0.3 is 14.7 Å². The molecule has 0 saturated carbocycles. The third-order valence-electron chi connectivity index (χ3n) is 3.11. The summed E-state index contributed by atoms with van der Waals surface area (Å²) in [6, 6.07) is 5.19. The Balaban J connectivity index is 2.08. The topological polar surface area (TPSA) is 75.3 Å². The number of hydrogen-bond acceptors (Lipinski definition) is 3. The van der Waals surface area contributed by atoms with Crippen molar-refractivity contribution in [1.82, 2.24) is 9.55 Å². The molecule has 0 aliphatic carbocycles.